The van der Waals surface area contributed by atoms with E-state index in [1.54, 1.807) is 6.20 Å². The molecule has 1 saturated heterocycles. The van der Waals surface area contributed by atoms with Gasteiger partial charge in [-0.05, 0) is 63.7 Å². The molecule has 1 aliphatic rings. The largest absolute Gasteiger partial charge is 0.389 e. The predicted molar refractivity (Wildman–Crippen MR) is 96.2 cm³/mol. The Morgan fingerprint density at radius 1 is 1.17 bits per heavy atom. The lowest BCUT2D eigenvalue weighted by Gasteiger charge is -2.30. The van der Waals surface area contributed by atoms with E-state index in [2.05, 4.69) is 39.2 Å². The average Bonchev–Trinajstić information content (AvgIpc) is 3.01. The summed E-state index contributed by atoms with van der Waals surface area (Å²) < 4.78 is 1.87. The monoisotopic (exact) mass is 328 g/mol. The quantitative estimate of drug-likeness (QED) is 0.913. The molecule has 0 unspecified atom stereocenters. The first-order valence-corrected chi connectivity index (χ1v) is 8.73. The molecule has 5 nitrogen and oxygen atoms in total. The first-order chi connectivity index (χ1) is 11.5. The Kier molecular flexibility index (Phi) is 5.33. The topological polar surface area (TPSA) is 44.5 Å². The van der Waals surface area contributed by atoms with E-state index >= 15 is 0 Å². The molecule has 0 bridgehead atoms. The summed E-state index contributed by atoms with van der Waals surface area (Å²) in [5.41, 5.74) is 1.85. The molecule has 1 N–H and O–H groups in total. The minimum atomic E-state index is -0.539. The zero-order valence-electron chi connectivity index (χ0n) is 14.7. The Bertz CT molecular complexity index is 623. The zero-order valence-corrected chi connectivity index (χ0v) is 14.7. The van der Waals surface area contributed by atoms with Crippen LogP contribution in [0.4, 0.5) is 0 Å². The number of likely N-dealkylation sites (N-methyl/N-ethyl adjacent to an activating group) is 1. The van der Waals surface area contributed by atoms with Gasteiger partial charge in [-0.3, -0.25) is 4.90 Å². The van der Waals surface area contributed by atoms with Gasteiger partial charge >= 0.3 is 0 Å². The van der Waals surface area contributed by atoms with Gasteiger partial charge in [0.05, 0.1) is 11.3 Å². The lowest BCUT2D eigenvalue weighted by molar-refractivity contribution is 0.00258. The van der Waals surface area contributed by atoms with Crippen molar-refractivity contribution in [3.63, 3.8) is 0 Å². The summed E-state index contributed by atoms with van der Waals surface area (Å²) in [4.78, 5) is 4.54. The lowest BCUT2D eigenvalue weighted by Crippen LogP contribution is -2.40. The summed E-state index contributed by atoms with van der Waals surface area (Å²) >= 11 is 0. The van der Waals surface area contributed by atoms with Gasteiger partial charge in [0, 0.05) is 32.0 Å². The Morgan fingerprint density at radius 3 is 2.62 bits per heavy atom. The highest BCUT2D eigenvalue weighted by atomic mass is 16.3. The number of hydrogen-bond donors (Lipinski definition) is 1. The van der Waals surface area contributed by atoms with Crippen LogP contribution in [0.3, 0.4) is 0 Å². The van der Waals surface area contributed by atoms with E-state index in [0.29, 0.717) is 0 Å². The molecule has 1 fully saturated rings. The van der Waals surface area contributed by atoms with E-state index in [1.165, 1.54) is 5.56 Å². The Balaban J connectivity index is 1.58. The van der Waals surface area contributed by atoms with Gasteiger partial charge < -0.3 is 10.0 Å². The number of aromatic nitrogens is 2. The molecular weight excluding hydrogens is 300 g/mol. The maximum Gasteiger partial charge on any atom is 0.0786 e. The first-order valence-electron chi connectivity index (χ1n) is 8.73. The smallest absolute Gasteiger partial charge is 0.0786 e. The van der Waals surface area contributed by atoms with Crippen molar-refractivity contribution < 1.29 is 5.11 Å². The molecular formula is C19H28N4O. The molecule has 24 heavy (non-hydrogen) atoms. The molecule has 0 aliphatic carbocycles. The fraction of sp³-hybridized carbons (Fsp3) is 0.526. The molecule has 0 radical (unpaired) electrons. The maximum atomic E-state index is 10.8. The molecule has 1 atom stereocenters. The van der Waals surface area contributed by atoms with Crippen LogP contribution in [0.5, 0.6) is 0 Å². The third-order valence-electron chi connectivity index (χ3n) is 4.73. The average molecular weight is 328 g/mol. The van der Waals surface area contributed by atoms with Crippen LogP contribution in [-0.4, -0.2) is 64.0 Å². The molecule has 0 spiro atoms. The zero-order chi connectivity index (χ0) is 17.0. The van der Waals surface area contributed by atoms with Crippen LogP contribution in [0.15, 0.2) is 42.7 Å². The lowest BCUT2D eigenvalue weighted by atomic mass is 9.94. The Morgan fingerprint density at radius 2 is 1.96 bits per heavy atom. The standard InChI is InChI=1S/C19H28N4O/c1-21(2)16-19(24)9-3-12-22(14-10-19)15-17-5-7-18(8-6-17)23-13-4-11-20-23/h4-8,11,13,24H,3,9-10,12,14-16H2,1-2H3/t19-/m0/s1. The number of nitrogens with zero attached hydrogens (tertiary/aromatic N) is 4. The van der Waals surface area contributed by atoms with Gasteiger partial charge in [0.25, 0.3) is 0 Å². The van der Waals surface area contributed by atoms with Crippen LogP contribution < -0.4 is 0 Å². The highest BCUT2D eigenvalue weighted by molar-refractivity contribution is 5.33. The van der Waals surface area contributed by atoms with E-state index in [-0.39, 0.29) is 0 Å². The number of benzene rings is 1. The number of hydrogen-bond acceptors (Lipinski definition) is 4. The van der Waals surface area contributed by atoms with Crippen LogP contribution in [-0.2, 0) is 6.54 Å². The highest BCUT2D eigenvalue weighted by Crippen LogP contribution is 2.24. The summed E-state index contributed by atoms with van der Waals surface area (Å²) in [6.45, 7) is 3.69. The fourth-order valence-corrected chi connectivity index (χ4v) is 3.57. The second-order valence-corrected chi connectivity index (χ2v) is 7.21. The summed E-state index contributed by atoms with van der Waals surface area (Å²) in [6, 6.07) is 10.5. The third kappa shape index (κ3) is 4.44. The first kappa shape index (κ1) is 17.1. The van der Waals surface area contributed by atoms with Crippen molar-refractivity contribution in [2.24, 2.45) is 0 Å². The molecule has 0 amide bonds. The van der Waals surface area contributed by atoms with Gasteiger partial charge in [0.2, 0.25) is 0 Å². The van der Waals surface area contributed by atoms with Crippen molar-refractivity contribution in [1.29, 1.82) is 0 Å². The molecule has 130 valence electrons. The highest BCUT2D eigenvalue weighted by Gasteiger charge is 2.30. The maximum absolute atomic E-state index is 10.8. The van der Waals surface area contributed by atoms with Gasteiger partial charge in [0.15, 0.2) is 0 Å². The molecule has 1 aromatic heterocycles. The van der Waals surface area contributed by atoms with E-state index in [0.717, 1.165) is 51.1 Å². The van der Waals surface area contributed by atoms with Gasteiger partial charge in [-0.25, -0.2) is 4.68 Å². The van der Waals surface area contributed by atoms with Crippen molar-refractivity contribution in [2.75, 3.05) is 33.7 Å². The number of likely N-dealkylation sites (tertiary alicyclic amines) is 1. The van der Waals surface area contributed by atoms with E-state index in [1.807, 2.05) is 31.0 Å². The van der Waals surface area contributed by atoms with Crippen molar-refractivity contribution in [3.05, 3.63) is 48.3 Å². The molecule has 3 rings (SSSR count). The normalized spacial score (nSPS) is 22.7. The van der Waals surface area contributed by atoms with Gasteiger partial charge in [-0.1, -0.05) is 12.1 Å². The van der Waals surface area contributed by atoms with Crippen molar-refractivity contribution in [2.45, 2.75) is 31.4 Å². The van der Waals surface area contributed by atoms with E-state index in [4.69, 9.17) is 0 Å². The second kappa shape index (κ2) is 7.47. The van der Waals surface area contributed by atoms with Crippen molar-refractivity contribution >= 4 is 0 Å². The fourth-order valence-electron chi connectivity index (χ4n) is 3.57. The predicted octanol–water partition coefficient (Wildman–Crippen LogP) is 2.15. The van der Waals surface area contributed by atoms with Crippen LogP contribution in [0.25, 0.3) is 5.69 Å². The summed E-state index contributed by atoms with van der Waals surface area (Å²) in [5, 5.41) is 15.0. The minimum absolute atomic E-state index is 0.539. The van der Waals surface area contributed by atoms with Crippen LogP contribution in [0.1, 0.15) is 24.8 Å². The minimum Gasteiger partial charge on any atom is -0.389 e. The van der Waals surface area contributed by atoms with Gasteiger partial charge in [-0.2, -0.15) is 5.10 Å². The number of aliphatic hydroxyl groups is 1. The Hall–Kier alpha value is -1.69. The van der Waals surface area contributed by atoms with Crippen LogP contribution in [0, 0.1) is 0 Å². The van der Waals surface area contributed by atoms with Crippen molar-refractivity contribution in [1.82, 2.24) is 19.6 Å². The molecule has 2 aromatic rings. The summed E-state index contributed by atoms with van der Waals surface area (Å²) in [6.07, 6.45) is 6.53. The molecule has 2 heterocycles. The summed E-state index contributed by atoms with van der Waals surface area (Å²) in [7, 11) is 4.06. The van der Waals surface area contributed by atoms with Gasteiger partial charge in [0.1, 0.15) is 0 Å². The van der Waals surface area contributed by atoms with Crippen LogP contribution in [0.2, 0.25) is 0 Å². The van der Waals surface area contributed by atoms with Crippen molar-refractivity contribution in [3.8, 4) is 5.69 Å². The molecule has 0 saturated carbocycles. The van der Waals surface area contributed by atoms with E-state index < -0.39 is 5.60 Å². The van der Waals surface area contributed by atoms with Gasteiger partial charge in [-0.15, -0.1) is 0 Å². The number of rotatable bonds is 5. The third-order valence-corrected chi connectivity index (χ3v) is 4.73. The molecule has 1 aliphatic heterocycles. The Labute approximate surface area is 144 Å². The molecule has 1 aromatic carbocycles. The summed E-state index contributed by atoms with van der Waals surface area (Å²) in [5.74, 6) is 0. The second-order valence-electron chi connectivity index (χ2n) is 7.21. The SMILES string of the molecule is CN(C)C[C@]1(O)CCCN(Cc2ccc(-n3cccn3)cc2)CC1. The molecule has 5 heteroatoms. The van der Waals surface area contributed by atoms with Crippen LogP contribution >= 0.6 is 0 Å². The van der Waals surface area contributed by atoms with E-state index in [9.17, 15) is 5.11 Å².